The first-order valence-corrected chi connectivity index (χ1v) is 9.59. The molecule has 154 valence electrons. The summed E-state index contributed by atoms with van der Waals surface area (Å²) in [6.07, 6.45) is -5.50. The van der Waals surface area contributed by atoms with Gasteiger partial charge in [0.15, 0.2) is 6.23 Å². The van der Waals surface area contributed by atoms with E-state index in [2.05, 4.69) is 10.6 Å². The van der Waals surface area contributed by atoms with Crippen molar-refractivity contribution >= 4 is 34.4 Å². The lowest BCUT2D eigenvalue weighted by atomic mass is 9.88. The molecule has 0 aliphatic carbocycles. The van der Waals surface area contributed by atoms with Crippen molar-refractivity contribution in [3.63, 3.8) is 0 Å². The molecule has 5 nitrogen and oxygen atoms in total. The van der Waals surface area contributed by atoms with Crippen LogP contribution in [0, 0.1) is 5.41 Å². The van der Waals surface area contributed by atoms with Gasteiger partial charge in [-0.1, -0.05) is 12.1 Å². The van der Waals surface area contributed by atoms with Gasteiger partial charge in [-0.05, 0) is 50.4 Å². The maximum Gasteiger partial charge on any atom is 0.416 e. The lowest BCUT2D eigenvalue weighted by Crippen LogP contribution is -2.54. The zero-order chi connectivity index (χ0) is 21.4. The maximum absolute atomic E-state index is 12.9. The largest absolute Gasteiger partial charge is 0.473 e. The van der Waals surface area contributed by atoms with Crippen molar-refractivity contribution in [2.45, 2.75) is 33.2 Å². The minimum Gasteiger partial charge on any atom is -0.473 e. The summed E-state index contributed by atoms with van der Waals surface area (Å²) < 4.78 is 44.5. The molecule has 0 fully saturated rings. The topological polar surface area (TPSA) is 67.4 Å². The highest BCUT2D eigenvalue weighted by atomic mass is 32.1. The van der Waals surface area contributed by atoms with Crippen molar-refractivity contribution in [1.29, 1.82) is 0 Å². The highest BCUT2D eigenvalue weighted by Crippen LogP contribution is 2.34. The first-order chi connectivity index (χ1) is 13.5. The van der Waals surface area contributed by atoms with Crippen LogP contribution in [0.3, 0.4) is 0 Å². The van der Waals surface area contributed by atoms with Gasteiger partial charge in [0.1, 0.15) is 5.76 Å². The van der Waals surface area contributed by atoms with E-state index in [-0.39, 0.29) is 11.6 Å². The number of halogens is 3. The zero-order valence-electron chi connectivity index (χ0n) is 15.9. The van der Waals surface area contributed by atoms with Crippen molar-refractivity contribution in [3.8, 4) is 0 Å². The SMILES string of the molecule is CC1=C(c2cccs2)C(=O)NC(C(C)(C)C(=O)Nc2cccc(C(F)(F)F)c2)O1. The van der Waals surface area contributed by atoms with Crippen molar-refractivity contribution in [3.05, 3.63) is 58.0 Å². The number of alkyl halides is 3. The molecule has 1 atom stereocenters. The van der Waals surface area contributed by atoms with Gasteiger partial charge in [0, 0.05) is 10.6 Å². The minimum absolute atomic E-state index is 0.00609. The van der Waals surface area contributed by atoms with Crippen LogP contribution in [0.5, 0.6) is 0 Å². The number of nitrogens with one attached hydrogen (secondary N) is 2. The fourth-order valence-corrected chi connectivity index (χ4v) is 3.65. The molecule has 1 aromatic carbocycles. The number of anilines is 1. The Labute approximate surface area is 169 Å². The highest BCUT2D eigenvalue weighted by molar-refractivity contribution is 7.11. The van der Waals surface area contributed by atoms with Crippen LogP contribution in [-0.4, -0.2) is 18.0 Å². The lowest BCUT2D eigenvalue weighted by molar-refractivity contribution is -0.139. The van der Waals surface area contributed by atoms with Gasteiger partial charge in [-0.15, -0.1) is 11.3 Å². The predicted molar refractivity (Wildman–Crippen MR) is 104 cm³/mol. The van der Waals surface area contributed by atoms with E-state index in [9.17, 15) is 22.8 Å². The Morgan fingerprint density at radius 3 is 2.52 bits per heavy atom. The molecule has 3 rings (SSSR count). The molecule has 1 aliphatic rings. The third kappa shape index (κ3) is 4.29. The Kier molecular flexibility index (Phi) is 5.44. The number of rotatable bonds is 4. The zero-order valence-corrected chi connectivity index (χ0v) is 16.7. The summed E-state index contributed by atoms with van der Waals surface area (Å²) in [5.41, 5.74) is -1.72. The molecule has 2 N–H and O–H groups in total. The second-order valence-corrected chi connectivity index (χ2v) is 8.08. The lowest BCUT2D eigenvalue weighted by Gasteiger charge is -2.37. The average Bonchev–Trinajstić information content (AvgIpc) is 3.14. The molecule has 1 aromatic heterocycles. The minimum atomic E-state index is -4.52. The quantitative estimate of drug-likeness (QED) is 0.752. The Hall–Kier alpha value is -2.81. The van der Waals surface area contributed by atoms with Gasteiger partial charge in [0.25, 0.3) is 5.91 Å². The predicted octanol–water partition coefficient (Wildman–Crippen LogP) is 4.64. The normalized spacial score (nSPS) is 17.6. The number of hydrogen-bond donors (Lipinski definition) is 2. The standard InChI is InChI=1S/C20H19F3N2O3S/c1-11-15(14-8-5-9-29-14)16(26)25-18(28-11)19(2,3)17(27)24-13-7-4-6-12(10-13)20(21,22)23/h4-10,18H,1-3H3,(H,24,27)(H,25,26). The monoisotopic (exact) mass is 424 g/mol. The Balaban J connectivity index is 1.79. The van der Waals surface area contributed by atoms with Crippen LogP contribution in [0.4, 0.5) is 18.9 Å². The number of carbonyl (C=O) groups is 2. The molecule has 0 bridgehead atoms. The summed E-state index contributed by atoms with van der Waals surface area (Å²) in [6, 6.07) is 7.96. The number of ether oxygens (including phenoxy) is 1. The van der Waals surface area contributed by atoms with E-state index in [0.717, 1.165) is 17.0 Å². The van der Waals surface area contributed by atoms with E-state index in [0.29, 0.717) is 11.3 Å². The van der Waals surface area contributed by atoms with Gasteiger partial charge >= 0.3 is 6.18 Å². The van der Waals surface area contributed by atoms with E-state index in [4.69, 9.17) is 4.74 Å². The molecular weight excluding hydrogens is 405 g/mol. The summed E-state index contributed by atoms with van der Waals surface area (Å²) in [7, 11) is 0. The van der Waals surface area contributed by atoms with Gasteiger partial charge in [0.05, 0.1) is 16.6 Å². The summed E-state index contributed by atoms with van der Waals surface area (Å²) in [4.78, 5) is 26.1. The van der Waals surface area contributed by atoms with E-state index >= 15 is 0 Å². The van der Waals surface area contributed by atoms with E-state index in [1.165, 1.54) is 23.5 Å². The van der Waals surface area contributed by atoms with Gasteiger partial charge in [-0.3, -0.25) is 9.59 Å². The number of thiophene rings is 1. The van der Waals surface area contributed by atoms with Gasteiger partial charge in [-0.25, -0.2) is 0 Å². The Morgan fingerprint density at radius 2 is 1.93 bits per heavy atom. The van der Waals surface area contributed by atoms with Crippen LogP contribution in [0.1, 0.15) is 31.2 Å². The number of benzene rings is 1. The molecule has 1 aliphatic heterocycles. The molecule has 2 heterocycles. The van der Waals surface area contributed by atoms with Gasteiger partial charge in [0.2, 0.25) is 5.91 Å². The summed E-state index contributed by atoms with van der Waals surface area (Å²) in [5, 5.41) is 6.99. The van der Waals surface area contributed by atoms with E-state index in [1.807, 2.05) is 11.4 Å². The fraction of sp³-hybridized carbons (Fsp3) is 0.300. The van der Waals surface area contributed by atoms with Crippen molar-refractivity contribution in [2.75, 3.05) is 5.32 Å². The first kappa shape index (κ1) is 20.9. The van der Waals surface area contributed by atoms with Crippen molar-refractivity contribution in [1.82, 2.24) is 5.32 Å². The van der Waals surface area contributed by atoms with Gasteiger partial charge < -0.3 is 15.4 Å². The van der Waals surface area contributed by atoms with E-state index in [1.54, 1.807) is 26.8 Å². The maximum atomic E-state index is 12.9. The molecule has 0 radical (unpaired) electrons. The molecule has 29 heavy (non-hydrogen) atoms. The second kappa shape index (κ2) is 7.55. The van der Waals surface area contributed by atoms with Crippen LogP contribution >= 0.6 is 11.3 Å². The van der Waals surface area contributed by atoms with Crippen molar-refractivity contribution < 1.29 is 27.5 Å². The number of hydrogen-bond acceptors (Lipinski definition) is 4. The number of allylic oxidation sites excluding steroid dienone is 1. The molecule has 1 unspecified atom stereocenters. The molecule has 2 amide bonds. The number of amides is 2. The van der Waals surface area contributed by atoms with E-state index < -0.39 is 29.3 Å². The molecule has 0 saturated heterocycles. The Morgan fingerprint density at radius 1 is 1.21 bits per heavy atom. The molecule has 2 aromatic rings. The third-order valence-electron chi connectivity index (χ3n) is 4.59. The van der Waals surface area contributed by atoms with Crippen LogP contribution in [0.15, 0.2) is 47.5 Å². The van der Waals surface area contributed by atoms with Crippen LogP contribution in [-0.2, 0) is 20.5 Å². The fourth-order valence-electron chi connectivity index (χ4n) is 2.83. The highest BCUT2D eigenvalue weighted by Gasteiger charge is 2.43. The Bertz CT molecular complexity index is 966. The summed E-state index contributed by atoms with van der Waals surface area (Å²) in [5.74, 6) is -0.586. The average molecular weight is 424 g/mol. The van der Waals surface area contributed by atoms with Crippen LogP contribution in [0.2, 0.25) is 0 Å². The summed E-state index contributed by atoms with van der Waals surface area (Å²) in [6.45, 7) is 4.73. The molecule has 0 spiro atoms. The molecule has 0 saturated carbocycles. The van der Waals surface area contributed by atoms with Crippen LogP contribution in [0.25, 0.3) is 5.57 Å². The van der Waals surface area contributed by atoms with Crippen LogP contribution < -0.4 is 10.6 Å². The molecule has 9 heteroatoms. The second-order valence-electron chi connectivity index (χ2n) is 7.13. The molecular formula is C20H19F3N2O3S. The summed E-state index contributed by atoms with van der Waals surface area (Å²) >= 11 is 1.39. The smallest absolute Gasteiger partial charge is 0.416 e. The number of carbonyl (C=O) groups excluding carboxylic acids is 2. The van der Waals surface area contributed by atoms with Gasteiger partial charge in [-0.2, -0.15) is 13.2 Å². The van der Waals surface area contributed by atoms with Crippen molar-refractivity contribution in [2.24, 2.45) is 5.41 Å². The third-order valence-corrected chi connectivity index (χ3v) is 5.48. The first-order valence-electron chi connectivity index (χ1n) is 8.71.